The number of nitrogens with one attached hydrogen (secondary N) is 1. The molecule has 1 aliphatic carbocycles. The highest BCUT2D eigenvalue weighted by atomic mass is 16.5. The van der Waals surface area contributed by atoms with E-state index in [4.69, 9.17) is 9.15 Å². The lowest BCUT2D eigenvalue weighted by Gasteiger charge is -2.10. The van der Waals surface area contributed by atoms with Crippen molar-refractivity contribution in [3.63, 3.8) is 0 Å². The highest BCUT2D eigenvalue weighted by molar-refractivity contribution is 5.76. The summed E-state index contributed by atoms with van der Waals surface area (Å²) in [5, 5.41) is 11.0. The lowest BCUT2D eigenvalue weighted by molar-refractivity contribution is -0.121. The minimum Gasteiger partial charge on any atom is -0.491 e. The summed E-state index contributed by atoms with van der Waals surface area (Å²) in [6.07, 6.45) is 4.09. The van der Waals surface area contributed by atoms with E-state index in [9.17, 15) is 4.79 Å². The largest absolute Gasteiger partial charge is 0.491 e. The minimum absolute atomic E-state index is 0.00549. The van der Waals surface area contributed by atoms with Crippen molar-refractivity contribution in [3.8, 4) is 5.75 Å². The van der Waals surface area contributed by atoms with Crippen molar-refractivity contribution in [3.05, 3.63) is 41.6 Å². The van der Waals surface area contributed by atoms with Crippen LogP contribution in [-0.2, 0) is 17.6 Å². The summed E-state index contributed by atoms with van der Waals surface area (Å²) in [5.74, 6) is 2.60. The van der Waals surface area contributed by atoms with Gasteiger partial charge in [0.1, 0.15) is 5.75 Å². The lowest BCUT2D eigenvalue weighted by Crippen LogP contribution is -2.25. The topological polar surface area (TPSA) is 77.2 Å². The predicted octanol–water partition coefficient (Wildman–Crippen LogP) is 3.03. The molecule has 0 saturated heterocycles. The van der Waals surface area contributed by atoms with Crippen molar-refractivity contribution in [1.82, 2.24) is 15.5 Å². The fraction of sp³-hybridized carbons (Fsp3) is 0.526. The maximum Gasteiger partial charge on any atom is 0.220 e. The summed E-state index contributed by atoms with van der Waals surface area (Å²) in [7, 11) is 0. The lowest BCUT2D eigenvalue weighted by atomic mass is 10.1. The molecule has 1 aliphatic rings. The number of hydrogen-bond acceptors (Lipinski definition) is 5. The normalized spacial score (nSPS) is 13.9. The van der Waals surface area contributed by atoms with Gasteiger partial charge in [-0.15, -0.1) is 10.2 Å². The standard InChI is InChI=1S/C19H25N3O3/c1-13(2)24-16-7-3-14(4-8-16)11-12-20-17(23)9-10-18-21-22-19(25-18)15-5-6-15/h3-4,7-8,13,15H,5-6,9-12H2,1-2H3,(H,20,23). The number of amides is 1. The molecule has 1 fully saturated rings. The number of aryl methyl sites for hydroxylation is 1. The van der Waals surface area contributed by atoms with Crippen molar-refractivity contribution in [2.75, 3.05) is 6.54 Å². The van der Waals surface area contributed by atoms with Gasteiger partial charge in [-0.1, -0.05) is 12.1 Å². The zero-order valence-corrected chi connectivity index (χ0v) is 14.8. The molecule has 25 heavy (non-hydrogen) atoms. The van der Waals surface area contributed by atoms with Gasteiger partial charge in [-0.2, -0.15) is 0 Å². The number of carbonyl (C=O) groups excluding carboxylic acids is 1. The molecule has 1 saturated carbocycles. The van der Waals surface area contributed by atoms with E-state index >= 15 is 0 Å². The van der Waals surface area contributed by atoms with Crippen molar-refractivity contribution >= 4 is 5.91 Å². The zero-order valence-electron chi connectivity index (χ0n) is 14.8. The van der Waals surface area contributed by atoms with Crippen LogP contribution in [0.5, 0.6) is 5.75 Å². The average molecular weight is 343 g/mol. The van der Waals surface area contributed by atoms with Gasteiger partial charge in [0, 0.05) is 25.3 Å². The van der Waals surface area contributed by atoms with E-state index in [2.05, 4.69) is 15.5 Å². The maximum absolute atomic E-state index is 11.9. The molecule has 6 heteroatoms. The first-order valence-corrected chi connectivity index (χ1v) is 8.94. The van der Waals surface area contributed by atoms with Crippen molar-refractivity contribution < 1.29 is 13.9 Å². The van der Waals surface area contributed by atoms with Crippen LogP contribution in [0.15, 0.2) is 28.7 Å². The van der Waals surface area contributed by atoms with Crippen LogP contribution in [0.3, 0.4) is 0 Å². The zero-order chi connectivity index (χ0) is 17.6. The molecule has 0 radical (unpaired) electrons. The number of rotatable bonds is 9. The number of aromatic nitrogens is 2. The fourth-order valence-electron chi connectivity index (χ4n) is 2.52. The third-order valence-corrected chi connectivity index (χ3v) is 4.01. The summed E-state index contributed by atoms with van der Waals surface area (Å²) >= 11 is 0. The Kier molecular flexibility index (Phi) is 5.68. The van der Waals surface area contributed by atoms with Gasteiger partial charge in [0.25, 0.3) is 0 Å². The van der Waals surface area contributed by atoms with Crippen molar-refractivity contribution in [2.45, 2.75) is 58.0 Å². The Morgan fingerprint density at radius 2 is 2.00 bits per heavy atom. The first kappa shape index (κ1) is 17.5. The molecular formula is C19H25N3O3. The predicted molar refractivity (Wildman–Crippen MR) is 93.5 cm³/mol. The average Bonchev–Trinajstić information content (AvgIpc) is 3.33. The molecule has 1 amide bonds. The Morgan fingerprint density at radius 1 is 1.24 bits per heavy atom. The highest BCUT2D eigenvalue weighted by Gasteiger charge is 2.29. The molecular weight excluding hydrogens is 318 g/mol. The second-order valence-corrected chi connectivity index (χ2v) is 6.72. The van der Waals surface area contributed by atoms with Crippen LogP contribution in [0.25, 0.3) is 0 Å². The van der Waals surface area contributed by atoms with Crippen LogP contribution in [0.1, 0.15) is 56.4 Å². The number of hydrogen-bond donors (Lipinski definition) is 1. The van der Waals surface area contributed by atoms with Gasteiger partial charge in [-0.05, 0) is 50.8 Å². The van der Waals surface area contributed by atoms with Crippen LogP contribution in [0.2, 0.25) is 0 Å². The molecule has 134 valence electrons. The highest BCUT2D eigenvalue weighted by Crippen LogP contribution is 2.39. The summed E-state index contributed by atoms with van der Waals surface area (Å²) in [4.78, 5) is 11.9. The van der Waals surface area contributed by atoms with Gasteiger partial charge in [0.15, 0.2) is 0 Å². The Bertz CT molecular complexity index is 690. The minimum atomic E-state index is 0.00549. The van der Waals surface area contributed by atoms with E-state index < -0.39 is 0 Å². The Balaban J connectivity index is 1.34. The summed E-state index contributed by atoms with van der Waals surface area (Å²) in [5.41, 5.74) is 1.17. The van der Waals surface area contributed by atoms with Crippen molar-refractivity contribution in [2.24, 2.45) is 0 Å². The van der Waals surface area contributed by atoms with Crippen LogP contribution >= 0.6 is 0 Å². The molecule has 1 aromatic carbocycles. The first-order chi connectivity index (χ1) is 12.1. The molecule has 0 aliphatic heterocycles. The smallest absolute Gasteiger partial charge is 0.220 e. The summed E-state index contributed by atoms with van der Waals surface area (Å²) in [6.45, 7) is 4.62. The van der Waals surface area contributed by atoms with E-state index in [1.807, 2.05) is 38.1 Å². The maximum atomic E-state index is 11.9. The molecule has 1 aromatic heterocycles. The quantitative estimate of drug-likeness (QED) is 0.757. The van der Waals surface area contributed by atoms with Gasteiger partial charge in [-0.3, -0.25) is 4.79 Å². The molecule has 3 rings (SSSR count). The summed E-state index contributed by atoms with van der Waals surface area (Å²) < 4.78 is 11.2. The Morgan fingerprint density at radius 3 is 2.68 bits per heavy atom. The Hall–Kier alpha value is -2.37. The van der Waals surface area contributed by atoms with E-state index in [0.29, 0.717) is 31.2 Å². The van der Waals surface area contributed by atoms with Gasteiger partial charge in [-0.25, -0.2) is 0 Å². The number of nitrogens with zero attached hydrogens (tertiary/aromatic N) is 2. The van der Waals surface area contributed by atoms with E-state index in [-0.39, 0.29) is 12.0 Å². The summed E-state index contributed by atoms with van der Waals surface area (Å²) in [6, 6.07) is 7.98. The SMILES string of the molecule is CC(C)Oc1ccc(CCNC(=O)CCc2nnc(C3CC3)o2)cc1. The monoisotopic (exact) mass is 343 g/mol. The number of carbonyl (C=O) groups is 1. The van der Waals surface area contributed by atoms with Gasteiger partial charge in [0.05, 0.1) is 6.10 Å². The molecule has 0 unspecified atom stereocenters. The Labute approximate surface area is 148 Å². The van der Waals surface area contributed by atoms with Crippen LogP contribution in [0, 0.1) is 0 Å². The van der Waals surface area contributed by atoms with Crippen LogP contribution in [0.4, 0.5) is 0 Å². The molecule has 6 nitrogen and oxygen atoms in total. The van der Waals surface area contributed by atoms with Crippen molar-refractivity contribution in [1.29, 1.82) is 0 Å². The van der Waals surface area contributed by atoms with Crippen LogP contribution < -0.4 is 10.1 Å². The third-order valence-electron chi connectivity index (χ3n) is 4.01. The molecule has 1 N–H and O–H groups in total. The second-order valence-electron chi connectivity index (χ2n) is 6.72. The van der Waals surface area contributed by atoms with Gasteiger partial charge >= 0.3 is 0 Å². The molecule has 0 spiro atoms. The number of ether oxygens (including phenoxy) is 1. The molecule has 1 heterocycles. The molecule has 2 aromatic rings. The van der Waals surface area contributed by atoms with E-state index in [1.165, 1.54) is 5.56 Å². The van der Waals surface area contributed by atoms with E-state index in [0.717, 1.165) is 30.9 Å². The third kappa shape index (κ3) is 5.59. The van der Waals surface area contributed by atoms with Crippen LogP contribution in [-0.4, -0.2) is 28.8 Å². The van der Waals surface area contributed by atoms with E-state index in [1.54, 1.807) is 0 Å². The number of benzene rings is 1. The molecule has 0 atom stereocenters. The molecule has 0 bridgehead atoms. The van der Waals surface area contributed by atoms with Gasteiger partial charge in [0.2, 0.25) is 17.7 Å². The van der Waals surface area contributed by atoms with Gasteiger partial charge < -0.3 is 14.5 Å². The fourth-order valence-corrected chi connectivity index (χ4v) is 2.52. The second kappa shape index (κ2) is 8.14. The first-order valence-electron chi connectivity index (χ1n) is 8.94.